The van der Waals surface area contributed by atoms with Gasteiger partial charge in [-0.05, 0) is 44.2 Å². The van der Waals surface area contributed by atoms with Crippen LogP contribution in [0.5, 0.6) is 0 Å². The second-order valence-corrected chi connectivity index (χ2v) is 9.44. The smallest absolute Gasteiger partial charge is 0.372 e. The molecule has 33 heavy (non-hydrogen) atoms. The van der Waals surface area contributed by atoms with Gasteiger partial charge in [0.05, 0.1) is 28.5 Å². The quantitative estimate of drug-likeness (QED) is 0.607. The number of halogens is 4. The summed E-state index contributed by atoms with van der Waals surface area (Å²) >= 11 is 0. The minimum atomic E-state index is -4.60. The van der Waals surface area contributed by atoms with E-state index >= 15 is 0 Å². The molecule has 3 rings (SSSR count). The fourth-order valence-electron chi connectivity index (χ4n) is 3.50. The summed E-state index contributed by atoms with van der Waals surface area (Å²) in [5.74, 6) is -1.70. The number of rotatable bonds is 6. The summed E-state index contributed by atoms with van der Waals surface area (Å²) in [6.07, 6.45) is -4.78. The van der Waals surface area contributed by atoms with Crippen molar-refractivity contribution in [3.05, 3.63) is 53.8 Å². The van der Waals surface area contributed by atoms with Crippen molar-refractivity contribution in [2.24, 2.45) is 0 Å². The van der Waals surface area contributed by atoms with Crippen molar-refractivity contribution in [2.75, 3.05) is 29.3 Å². The second-order valence-electron chi connectivity index (χ2n) is 7.76. The zero-order chi connectivity index (χ0) is 24.4. The highest BCUT2D eigenvalue weighted by molar-refractivity contribution is 7.92. The third kappa shape index (κ3) is 6.57. The Balaban J connectivity index is 1.75. The molecule has 7 nitrogen and oxygen atoms in total. The molecule has 0 radical (unpaired) electrons. The molecular weight excluding hydrogens is 466 g/mol. The van der Waals surface area contributed by atoms with Gasteiger partial charge in [0.15, 0.2) is 0 Å². The van der Waals surface area contributed by atoms with E-state index in [1.807, 2.05) is 18.7 Å². The van der Waals surface area contributed by atoms with Crippen molar-refractivity contribution in [1.82, 2.24) is 5.32 Å². The number of carbonyl (C=O) groups excluding carboxylic acids is 1. The Morgan fingerprint density at radius 2 is 1.79 bits per heavy atom. The molecular formula is C21H23F4N3O4S. The van der Waals surface area contributed by atoms with Gasteiger partial charge >= 0.3 is 6.18 Å². The highest BCUT2D eigenvalue weighted by Gasteiger charge is 2.28. The van der Waals surface area contributed by atoms with E-state index in [4.69, 9.17) is 4.74 Å². The van der Waals surface area contributed by atoms with Crippen LogP contribution in [0.1, 0.15) is 24.2 Å². The van der Waals surface area contributed by atoms with Crippen LogP contribution in [0.2, 0.25) is 0 Å². The molecule has 2 aromatic carbocycles. The number of sulfonamides is 1. The van der Waals surface area contributed by atoms with Crippen LogP contribution in [0.3, 0.4) is 0 Å². The van der Waals surface area contributed by atoms with Gasteiger partial charge in [0.2, 0.25) is 0 Å². The number of hydrogen-bond acceptors (Lipinski definition) is 5. The molecule has 1 aliphatic rings. The molecule has 0 saturated carbocycles. The summed E-state index contributed by atoms with van der Waals surface area (Å²) in [7, 11) is -4.24. The summed E-state index contributed by atoms with van der Waals surface area (Å²) in [6, 6.07) is 8.42. The lowest BCUT2D eigenvalue weighted by molar-refractivity contribution is -0.123. The number of hydrogen-bond donors (Lipinski definition) is 2. The zero-order valence-corrected chi connectivity index (χ0v) is 18.6. The molecule has 1 saturated heterocycles. The fraction of sp³-hybridized carbons (Fsp3) is 0.381. The number of carbonyl (C=O) groups is 1. The van der Waals surface area contributed by atoms with Gasteiger partial charge < -0.3 is 15.0 Å². The van der Waals surface area contributed by atoms with Gasteiger partial charge in [0.1, 0.15) is 12.4 Å². The Morgan fingerprint density at radius 3 is 2.39 bits per heavy atom. The first-order chi connectivity index (χ1) is 15.3. The average Bonchev–Trinajstić information content (AvgIpc) is 2.70. The Morgan fingerprint density at radius 1 is 1.12 bits per heavy atom. The van der Waals surface area contributed by atoms with Gasteiger partial charge in [-0.25, -0.2) is 12.8 Å². The lowest BCUT2D eigenvalue weighted by Gasteiger charge is -2.37. The number of nitrogens with one attached hydrogen (secondary N) is 2. The first-order valence-corrected chi connectivity index (χ1v) is 11.5. The van der Waals surface area contributed by atoms with Crippen LogP contribution in [0.25, 0.3) is 0 Å². The molecule has 0 aromatic heterocycles. The van der Waals surface area contributed by atoms with Crippen molar-refractivity contribution >= 4 is 27.3 Å². The van der Waals surface area contributed by atoms with Crippen LogP contribution in [0, 0.1) is 5.82 Å². The Labute approximate surface area is 188 Å². The van der Waals surface area contributed by atoms with Crippen LogP contribution in [-0.2, 0) is 14.8 Å². The summed E-state index contributed by atoms with van der Waals surface area (Å²) in [5, 5.41) is 1.68. The molecule has 1 amide bonds. The molecule has 2 aromatic rings. The lowest BCUT2D eigenvalue weighted by atomic mass is 10.2. The molecule has 1 heterocycles. The van der Waals surface area contributed by atoms with Gasteiger partial charge in [0.25, 0.3) is 15.9 Å². The van der Waals surface area contributed by atoms with E-state index in [1.165, 1.54) is 30.3 Å². The Bertz CT molecular complexity index is 1110. The molecule has 2 atom stereocenters. The minimum Gasteiger partial charge on any atom is -0.372 e. The van der Waals surface area contributed by atoms with Crippen molar-refractivity contribution in [1.29, 1.82) is 0 Å². The van der Waals surface area contributed by atoms with Crippen LogP contribution < -0.4 is 14.9 Å². The number of morpholine rings is 1. The molecule has 180 valence electrons. The zero-order valence-electron chi connectivity index (χ0n) is 17.8. The second kappa shape index (κ2) is 9.56. The standard InChI is InChI=1S/C21H23F4N3O4S/c1-13-10-28(11-14(2)32-13)19-7-6-16(9-18(19)22)27-33(30,31)17-5-3-4-15(8-17)20(29)26-12-21(23,24)25/h3-9,13-14,27H,10-12H2,1-2H3,(H,26,29). The summed E-state index contributed by atoms with van der Waals surface area (Å²) in [4.78, 5) is 13.4. The molecule has 1 aliphatic heterocycles. The average molecular weight is 489 g/mol. The predicted molar refractivity (Wildman–Crippen MR) is 114 cm³/mol. The van der Waals surface area contributed by atoms with Crippen molar-refractivity contribution in [2.45, 2.75) is 37.1 Å². The van der Waals surface area contributed by atoms with Gasteiger partial charge in [0, 0.05) is 24.7 Å². The maximum Gasteiger partial charge on any atom is 0.405 e. The summed E-state index contributed by atoms with van der Waals surface area (Å²) < 4.78 is 84.9. The summed E-state index contributed by atoms with van der Waals surface area (Å²) in [6.45, 7) is 3.17. The van der Waals surface area contributed by atoms with E-state index in [9.17, 15) is 30.8 Å². The third-order valence-electron chi connectivity index (χ3n) is 4.82. The van der Waals surface area contributed by atoms with Crippen molar-refractivity contribution in [3.8, 4) is 0 Å². The molecule has 1 fully saturated rings. The predicted octanol–water partition coefficient (Wildman–Crippen LogP) is 3.53. The molecule has 0 bridgehead atoms. The van der Waals surface area contributed by atoms with E-state index in [1.54, 1.807) is 5.32 Å². The number of alkyl halides is 3. The van der Waals surface area contributed by atoms with Crippen LogP contribution in [0.15, 0.2) is 47.4 Å². The van der Waals surface area contributed by atoms with E-state index in [0.29, 0.717) is 18.8 Å². The fourth-order valence-corrected chi connectivity index (χ4v) is 4.60. The third-order valence-corrected chi connectivity index (χ3v) is 6.20. The van der Waals surface area contributed by atoms with E-state index in [2.05, 4.69) is 4.72 Å². The monoisotopic (exact) mass is 489 g/mol. The highest BCUT2D eigenvalue weighted by Crippen LogP contribution is 2.27. The maximum atomic E-state index is 14.8. The minimum absolute atomic E-state index is 0.0440. The molecule has 12 heteroatoms. The topological polar surface area (TPSA) is 87.7 Å². The number of amides is 1. The van der Waals surface area contributed by atoms with Gasteiger partial charge in [-0.1, -0.05) is 6.07 Å². The van der Waals surface area contributed by atoms with Crippen LogP contribution in [-0.4, -0.2) is 52.3 Å². The molecule has 0 spiro atoms. The normalized spacial score (nSPS) is 19.3. The Kier molecular flexibility index (Phi) is 7.17. The number of ether oxygens (including phenoxy) is 1. The van der Waals surface area contributed by atoms with Crippen LogP contribution in [0.4, 0.5) is 28.9 Å². The van der Waals surface area contributed by atoms with Gasteiger partial charge in [-0.3, -0.25) is 9.52 Å². The maximum absolute atomic E-state index is 14.8. The van der Waals surface area contributed by atoms with Crippen molar-refractivity contribution < 1.29 is 35.5 Å². The lowest BCUT2D eigenvalue weighted by Crippen LogP contribution is -2.45. The SMILES string of the molecule is CC1CN(c2ccc(NS(=O)(=O)c3cccc(C(=O)NCC(F)(F)F)c3)cc2F)CC(C)O1. The first kappa shape index (κ1) is 24.8. The van der Waals surface area contributed by atoms with Crippen molar-refractivity contribution in [3.63, 3.8) is 0 Å². The van der Waals surface area contributed by atoms with E-state index < -0.39 is 34.5 Å². The number of nitrogens with zero attached hydrogens (tertiary/aromatic N) is 1. The molecule has 0 aliphatic carbocycles. The Hall–Kier alpha value is -2.86. The number of anilines is 2. The van der Waals surface area contributed by atoms with Gasteiger partial charge in [-0.2, -0.15) is 13.2 Å². The molecule has 2 unspecified atom stereocenters. The van der Waals surface area contributed by atoms with Gasteiger partial charge in [-0.15, -0.1) is 0 Å². The highest BCUT2D eigenvalue weighted by atomic mass is 32.2. The summed E-state index contributed by atoms with van der Waals surface area (Å²) in [5.41, 5.74) is 0.0000222. The molecule has 2 N–H and O–H groups in total. The van der Waals surface area contributed by atoms with Crippen LogP contribution >= 0.6 is 0 Å². The number of benzene rings is 2. The van der Waals surface area contributed by atoms with E-state index in [0.717, 1.165) is 12.1 Å². The largest absolute Gasteiger partial charge is 0.405 e. The van der Waals surface area contributed by atoms with E-state index in [-0.39, 0.29) is 28.4 Å². The first-order valence-electron chi connectivity index (χ1n) is 10.0.